The molecule has 1 saturated heterocycles. The number of piperidine rings is 1. The quantitative estimate of drug-likeness (QED) is 0.704. The van der Waals surface area contributed by atoms with Crippen LogP contribution in [0.1, 0.15) is 22.5 Å². The normalized spacial score (nSPS) is 19.3. The van der Waals surface area contributed by atoms with Gasteiger partial charge in [0, 0.05) is 31.7 Å². The van der Waals surface area contributed by atoms with Gasteiger partial charge in [-0.25, -0.2) is 4.98 Å². The lowest BCUT2D eigenvalue weighted by Crippen LogP contribution is -2.47. The number of nitrogens with zero attached hydrogens (tertiary/aromatic N) is 4. The predicted molar refractivity (Wildman–Crippen MR) is 111 cm³/mol. The van der Waals surface area contributed by atoms with Crippen LogP contribution in [-0.4, -0.2) is 63.3 Å². The van der Waals surface area contributed by atoms with Crippen molar-refractivity contribution in [1.29, 1.82) is 0 Å². The number of benzene rings is 1. The summed E-state index contributed by atoms with van der Waals surface area (Å²) < 4.78 is 0. The second-order valence-corrected chi connectivity index (χ2v) is 7.43. The Hall–Kier alpha value is -3.03. The number of hydrogen-bond acceptors (Lipinski definition) is 6. The average molecular weight is 392 g/mol. The fourth-order valence-corrected chi connectivity index (χ4v) is 3.56. The van der Waals surface area contributed by atoms with Gasteiger partial charge in [0.25, 0.3) is 5.91 Å². The van der Waals surface area contributed by atoms with E-state index in [0.29, 0.717) is 37.4 Å². The second kappa shape index (κ2) is 8.14. The maximum absolute atomic E-state index is 12.8. The van der Waals surface area contributed by atoms with Gasteiger partial charge in [0.1, 0.15) is 5.82 Å². The Kier molecular flexibility index (Phi) is 5.42. The SMILES string of the molecule is CN(Cc1ccc2ccccc2n1)C(=O)c1ccc(N2CC[C@@H](O)[C@H](O)C2)nc1. The van der Waals surface area contributed by atoms with Crippen LogP contribution in [0.15, 0.2) is 54.7 Å². The summed E-state index contributed by atoms with van der Waals surface area (Å²) in [6.45, 7) is 1.35. The summed E-state index contributed by atoms with van der Waals surface area (Å²) in [5, 5.41) is 20.6. The molecule has 0 spiro atoms. The molecule has 0 bridgehead atoms. The fourth-order valence-electron chi connectivity index (χ4n) is 3.56. The number of para-hydroxylation sites is 1. The van der Waals surface area contributed by atoms with E-state index in [0.717, 1.165) is 16.6 Å². The smallest absolute Gasteiger partial charge is 0.255 e. The molecule has 0 aliphatic carbocycles. The molecular weight excluding hydrogens is 368 g/mol. The van der Waals surface area contributed by atoms with Crippen LogP contribution in [0.5, 0.6) is 0 Å². The molecule has 3 aromatic rings. The van der Waals surface area contributed by atoms with Crippen LogP contribution in [0.2, 0.25) is 0 Å². The van der Waals surface area contributed by atoms with Gasteiger partial charge in [0.2, 0.25) is 0 Å². The highest BCUT2D eigenvalue weighted by molar-refractivity contribution is 5.94. The Morgan fingerprint density at radius 1 is 1.14 bits per heavy atom. The van der Waals surface area contributed by atoms with Crippen molar-refractivity contribution in [2.75, 3.05) is 25.0 Å². The van der Waals surface area contributed by atoms with E-state index in [-0.39, 0.29) is 5.91 Å². The number of carbonyl (C=O) groups is 1. The van der Waals surface area contributed by atoms with Crippen molar-refractivity contribution in [3.8, 4) is 0 Å². The molecular formula is C22H24N4O3. The molecule has 0 unspecified atom stereocenters. The van der Waals surface area contributed by atoms with Gasteiger partial charge in [-0.15, -0.1) is 0 Å². The molecule has 2 aromatic heterocycles. The van der Waals surface area contributed by atoms with Crippen molar-refractivity contribution < 1.29 is 15.0 Å². The largest absolute Gasteiger partial charge is 0.390 e. The lowest BCUT2D eigenvalue weighted by molar-refractivity contribution is 0.00786. The van der Waals surface area contributed by atoms with Gasteiger partial charge in [-0.3, -0.25) is 9.78 Å². The van der Waals surface area contributed by atoms with Crippen molar-refractivity contribution in [1.82, 2.24) is 14.9 Å². The van der Waals surface area contributed by atoms with E-state index >= 15 is 0 Å². The number of anilines is 1. The molecule has 2 N–H and O–H groups in total. The van der Waals surface area contributed by atoms with Crippen LogP contribution in [0.25, 0.3) is 10.9 Å². The third-order valence-electron chi connectivity index (χ3n) is 5.27. The molecule has 29 heavy (non-hydrogen) atoms. The zero-order valence-corrected chi connectivity index (χ0v) is 16.3. The molecule has 1 aliphatic heterocycles. The van der Waals surface area contributed by atoms with Crippen LogP contribution in [0, 0.1) is 0 Å². The number of rotatable bonds is 4. The molecule has 1 aliphatic rings. The van der Waals surface area contributed by atoms with E-state index in [1.54, 1.807) is 30.3 Å². The van der Waals surface area contributed by atoms with Gasteiger partial charge in [-0.05, 0) is 30.7 Å². The number of aliphatic hydroxyl groups is 2. The summed E-state index contributed by atoms with van der Waals surface area (Å²) in [7, 11) is 1.75. The van der Waals surface area contributed by atoms with Crippen LogP contribution >= 0.6 is 0 Å². The standard InChI is InChI=1S/C22H24N4O3/c1-25(13-17-8-6-15-4-2-3-5-18(15)24-17)22(29)16-7-9-21(23-12-16)26-11-10-19(27)20(28)14-26/h2-9,12,19-20,27-28H,10-11,13-14H2,1H3/t19-,20-/m1/s1. The summed E-state index contributed by atoms with van der Waals surface area (Å²) in [5.74, 6) is 0.555. The molecule has 2 atom stereocenters. The monoisotopic (exact) mass is 392 g/mol. The summed E-state index contributed by atoms with van der Waals surface area (Å²) in [5.41, 5.74) is 2.23. The summed E-state index contributed by atoms with van der Waals surface area (Å²) in [6.07, 6.45) is 0.571. The average Bonchev–Trinajstić information content (AvgIpc) is 2.75. The Morgan fingerprint density at radius 3 is 2.72 bits per heavy atom. The maximum Gasteiger partial charge on any atom is 0.255 e. The van der Waals surface area contributed by atoms with Crippen LogP contribution in [0.3, 0.4) is 0 Å². The Bertz CT molecular complexity index is 1010. The molecule has 7 heteroatoms. The third kappa shape index (κ3) is 4.21. The minimum absolute atomic E-state index is 0.131. The highest BCUT2D eigenvalue weighted by Gasteiger charge is 2.26. The van der Waals surface area contributed by atoms with E-state index < -0.39 is 12.2 Å². The summed E-state index contributed by atoms with van der Waals surface area (Å²) in [4.78, 5) is 25.3. The minimum Gasteiger partial charge on any atom is -0.390 e. The first kappa shape index (κ1) is 19.3. The van der Waals surface area contributed by atoms with E-state index in [4.69, 9.17) is 0 Å². The van der Waals surface area contributed by atoms with Gasteiger partial charge in [0.15, 0.2) is 0 Å². The highest BCUT2D eigenvalue weighted by atomic mass is 16.3. The van der Waals surface area contributed by atoms with Crippen LogP contribution in [0.4, 0.5) is 5.82 Å². The predicted octanol–water partition coefficient (Wildman–Crippen LogP) is 1.83. The molecule has 7 nitrogen and oxygen atoms in total. The van der Waals surface area contributed by atoms with Gasteiger partial charge >= 0.3 is 0 Å². The van der Waals surface area contributed by atoms with Gasteiger partial charge in [-0.1, -0.05) is 24.3 Å². The van der Waals surface area contributed by atoms with Crippen molar-refractivity contribution in [2.45, 2.75) is 25.2 Å². The van der Waals surface area contributed by atoms with E-state index in [1.165, 1.54) is 0 Å². The first-order chi connectivity index (χ1) is 14.0. The van der Waals surface area contributed by atoms with E-state index in [9.17, 15) is 15.0 Å². The number of aromatic nitrogens is 2. The summed E-state index contributed by atoms with van der Waals surface area (Å²) in [6, 6.07) is 15.4. The third-order valence-corrected chi connectivity index (χ3v) is 5.27. The molecule has 1 aromatic carbocycles. The topological polar surface area (TPSA) is 89.8 Å². The molecule has 4 rings (SSSR count). The van der Waals surface area contributed by atoms with Crippen molar-refractivity contribution in [3.05, 3.63) is 66.0 Å². The van der Waals surface area contributed by atoms with Crippen molar-refractivity contribution in [3.63, 3.8) is 0 Å². The van der Waals surface area contributed by atoms with Gasteiger partial charge < -0.3 is 20.0 Å². The summed E-state index contributed by atoms with van der Waals surface area (Å²) >= 11 is 0. The molecule has 1 amide bonds. The van der Waals surface area contributed by atoms with E-state index in [2.05, 4.69) is 9.97 Å². The number of aliphatic hydroxyl groups excluding tert-OH is 2. The zero-order valence-electron chi connectivity index (χ0n) is 16.3. The lowest BCUT2D eigenvalue weighted by atomic mass is 10.1. The lowest BCUT2D eigenvalue weighted by Gasteiger charge is -2.34. The van der Waals surface area contributed by atoms with Crippen molar-refractivity contribution in [2.24, 2.45) is 0 Å². The molecule has 0 saturated carbocycles. The van der Waals surface area contributed by atoms with Crippen LogP contribution in [-0.2, 0) is 6.54 Å². The molecule has 150 valence electrons. The number of hydrogen-bond donors (Lipinski definition) is 2. The number of amides is 1. The van der Waals surface area contributed by atoms with Gasteiger partial charge in [-0.2, -0.15) is 0 Å². The molecule has 0 radical (unpaired) electrons. The first-order valence-electron chi connectivity index (χ1n) is 9.68. The first-order valence-corrected chi connectivity index (χ1v) is 9.68. The van der Waals surface area contributed by atoms with E-state index in [1.807, 2.05) is 41.3 Å². The number of carbonyl (C=O) groups excluding carboxylic acids is 1. The number of fused-ring (bicyclic) bond motifs is 1. The number of β-amino-alcohol motifs (C(OH)–C–C–N with tert-alkyl or cyclic N) is 1. The molecule has 3 heterocycles. The fraction of sp³-hybridized carbons (Fsp3) is 0.318. The van der Waals surface area contributed by atoms with Crippen molar-refractivity contribution >= 4 is 22.6 Å². The molecule has 1 fully saturated rings. The maximum atomic E-state index is 12.8. The minimum atomic E-state index is -0.785. The highest BCUT2D eigenvalue weighted by Crippen LogP contribution is 2.19. The zero-order chi connectivity index (χ0) is 20.4. The Balaban J connectivity index is 1.43. The van der Waals surface area contributed by atoms with Gasteiger partial charge in [0.05, 0.1) is 35.5 Å². The Labute approximate surface area is 169 Å². The Morgan fingerprint density at radius 2 is 1.97 bits per heavy atom. The number of pyridine rings is 2. The second-order valence-electron chi connectivity index (χ2n) is 7.43. The van der Waals surface area contributed by atoms with Crippen LogP contribution < -0.4 is 4.90 Å².